The van der Waals surface area contributed by atoms with Crippen molar-refractivity contribution < 1.29 is 9.47 Å². The van der Waals surface area contributed by atoms with Gasteiger partial charge in [0.05, 0.1) is 19.8 Å². The highest BCUT2D eigenvalue weighted by molar-refractivity contribution is 5.43. The van der Waals surface area contributed by atoms with Gasteiger partial charge in [-0.3, -0.25) is 4.48 Å². The van der Waals surface area contributed by atoms with Crippen LogP contribution in [0.4, 0.5) is 5.69 Å². The van der Waals surface area contributed by atoms with Crippen molar-refractivity contribution in [1.29, 1.82) is 0 Å². The summed E-state index contributed by atoms with van der Waals surface area (Å²) >= 11 is 0. The van der Waals surface area contributed by atoms with E-state index < -0.39 is 0 Å². The Morgan fingerprint density at radius 3 is 2.06 bits per heavy atom. The molecule has 2 aliphatic heterocycles. The van der Waals surface area contributed by atoms with Gasteiger partial charge >= 0.3 is 0 Å². The van der Waals surface area contributed by atoms with E-state index in [1.54, 1.807) is 0 Å². The molecule has 0 bridgehead atoms. The third kappa shape index (κ3) is 2.74. The van der Waals surface area contributed by atoms with Gasteiger partial charge in [0, 0.05) is 0 Å². The van der Waals surface area contributed by atoms with E-state index in [1.165, 1.54) is 18.7 Å². The smallest absolute Gasteiger partial charge is 0.132 e. The standard InChI is InChI=1S/C15H22NO2/c1-2-8-16(9-14-11-17-14,10-15-12-18-15)13-6-4-3-5-7-13/h3-7,14-15H,2,8-12H2,1H3/q+1. The molecular weight excluding hydrogens is 226 g/mol. The first-order valence-electron chi connectivity index (χ1n) is 6.97. The fourth-order valence-electron chi connectivity index (χ4n) is 2.90. The summed E-state index contributed by atoms with van der Waals surface area (Å²) in [6, 6.07) is 10.9. The largest absolute Gasteiger partial charge is 0.367 e. The van der Waals surface area contributed by atoms with E-state index >= 15 is 0 Å². The quantitative estimate of drug-likeness (QED) is 0.546. The van der Waals surface area contributed by atoms with E-state index in [2.05, 4.69) is 37.3 Å². The van der Waals surface area contributed by atoms with Crippen molar-refractivity contribution in [3.8, 4) is 0 Å². The number of ether oxygens (including phenoxy) is 2. The van der Waals surface area contributed by atoms with Crippen molar-refractivity contribution >= 4 is 5.69 Å². The minimum Gasteiger partial charge on any atom is -0.367 e. The summed E-state index contributed by atoms with van der Waals surface area (Å²) in [5.74, 6) is 0. The number of epoxide rings is 2. The van der Waals surface area contributed by atoms with Crippen LogP contribution in [0.15, 0.2) is 30.3 Å². The molecule has 0 radical (unpaired) electrons. The van der Waals surface area contributed by atoms with E-state index in [0.29, 0.717) is 12.2 Å². The first kappa shape index (κ1) is 12.2. The molecule has 1 aromatic carbocycles. The molecule has 0 spiro atoms. The van der Waals surface area contributed by atoms with Gasteiger partial charge in [-0.2, -0.15) is 0 Å². The van der Waals surface area contributed by atoms with Crippen LogP contribution in [0.3, 0.4) is 0 Å². The topological polar surface area (TPSA) is 25.1 Å². The molecular formula is C15H22NO2+. The second-order valence-electron chi connectivity index (χ2n) is 5.48. The molecule has 2 unspecified atom stereocenters. The Balaban J connectivity index is 1.86. The summed E-state index contributed by atoms with van der Waals surface area (Å²) in [6.45, 7) is 7.49. The van der Waals surface area contributed by atoms with E-state index in [-0.39, 0.29) is 0 Å². The van der Waals surface area contributed by atoms with E-state index in [0.717, 1.165) is 30.8 Å². The number of rotatable bonds is 7. The van der Waals surface area contributed by atoms with Crippen LogP contribution in [0, 0.1) is 0 Å². The van der Waals surface area contributed by atoms with Crippen molar-refractivity contribution in [1.82, 2.24) is 4.48 Å². The molecule has 0 amide bonds. The lowest BCUT2D eigenvalue weighted by Gasteiger charge is -2.37. The average molecular weight is 248 g/mol. The van der Waals surface area contributed by atoms with Gasteiger partial charge in [0.15, 0.2) is 0 Å². The van der Waals surface area contributed by atoms with Crippen LogP contribution in [0.1, 0.15) is 13.3 Å². The van der Waals surface area contributed by atoms with Gasteiger partial charge in [-0.25, -0.2) is 0 Å². The maximum Gasteiger partial charge on any atom is 0.132 e. The fourth-order valence-corrected chi connectivity index (χ4v) is 2.90. The lowest BCUT2D eigenvalue weighted by atomic mass is 10.1. The first-order valence-corrected chi connectivity index (χ1v) is 6.97. The zero-order chi connectivity index (χ0) is 12.4. The van der Waals surface area contributed by atoms with Gasteiger partial charge in [0.2, 0.25) is 0 Å². The predicted octanol–water partition coefficient (Wildman–Crippen LogP) is 2.20. The van der Waals surface area contributed by atoms with Crippen LogP contribution in [0.25, 0.3) is 0 Å². The number of quaternary nitrogens is 1. The molecule has 1 aromatic rings. The Bertz CT molecular complexity index is 371. The van der Waals surface area contributed by atoms with E-state index in [1.807, 2.05) is 0 Å². The Morgan fingerprint density at radius 1 is 1.06 bits per heavy atom. The van der Waals surface area contributed by atoms with E-state index in [9.17, 15) is 0 Å². The lowest BCUT2D eigenvalue weighted by Crippen LogP contribution is -2.54. The fraction of sp³-hybridized carbons (Fsp3) is 0.600. The highest BCUT2D eigenvalue weighted by atomic mass is 16.6. The Morgan fingerprint density at radius 2 is 1.61 bits per heavy atom. The number of hydrogen-bond donors (Lipinski definition) is 0. The molecule has 3 nitrogen and oxygen atoms in total. The van der Waals surface area contributed by atoms with Crippen molar-refractivity contribution in [2.75, 3.05) is 32.8 Å². The average Bonchev–Trinajstić information content (AvgIpc) is 3.27. The van der Waals surface area contributed by atoms with Crippen LogP contribution in [-0.2, 0) is 9.47 Å². The molecule has 2 heterocycles. The first-order chi connectivity index (χ1) is 8.82. The molecule has 2 aliphatic rings. The molecule has 2 saturated heterocycles. The van der Waals surface area contributed by atoms with Gasteiger partial charge in [0.25, 0.3) is 0 Å². The Kier molecular flexibility index (Phi) is 3.37. The molecule has 18 heavy (non-hydrogen) atoms. The summed E-state index contributed by atoms with van der Waals surface area (Å²) in [7, 11) is 0. The number of para-hydroxylation sites is 1. The summed E-state index contributed by atoms with van der Waals surface area (Å²) in [4.78, 5) is 0. The van der Waals surface area contributed by atoms with E-state index in [4.69, 9.17) is 9.47 Å². The van der Waals surface area contributed by atoms with Gasteiger partial charge in [-0.15, -0.1) is 0 Å². The van der Waals surface area contributed by atoms with Crippen LogP contribution >= 0.6 is 0 Å². The van der Waals surface area contributed by atoms with Gasteiger partial charge in [-0.1, -0.05) is 25.1 Å². The number of nitrogens with zero attached hydrogens (tertiary/aromatic N) is 1. The highest BCUT2D eigenvalue weighted by Crippen LogP contribution is 2.30. The molecule has 2 atom stereocenters. The van der Waals surface area contributed by atoms with Crippen LogP contribution in [0.2, 0.25) is 0 Å². The summed E-state index contributed by atoms with van der Waals surface area (Å²) in [5, 5.41) is 0. The third-order valence-electron chi connectivity index (χ3n) is 3.87. The summed E-state index contributed by atoms with van der Waals surface area (Å²) in [5.41, 5.74) is 1.41. The van der Waals surface area contributed by atoms with Gasteiger partial charge in [0.1, 0.15) is 31.0 Å². The predicted molar refractivity (Wildman–Crippen MR) is 72.6 cm³/mol. The monoisotopic (exact) mass is 248 g/mol. The van der Waals surface area contributed by atoms with Crippen LogP contribution < -0.4 is 4.48 Å². The second kappa shape index (κ2) is 5.00. The lowest BCUT2D eigenvalue weighted by molar-refractivity contribution is 0.220. The maximum absolute atomic E-state index is 5.48. The Labute approximate surface area is 109 Å². The maximum atomic E-state index is 5.48. The molecule has 2 fully saturated rings. The number of benzene rings is 1. The van der Waals surface area contributed by atoms with Crippen molar-refractivity contribution in [2.24, 2.45) is 0 Å². The summed E-state index contributed by atoms with van der Waals surface area (Å²) in [6.07, 6.45) is 2.10. The molecule has 0 N–H and O–H groups in total. The number of hydrogen-bond acceptors (Lipinski definition) is 2. The second-order valence-corrected chi connectivity index (χ2v) is 5.48. The molecule has 0 saturated carbocycles. The van der Waals surface area contributed by atoms with Crippen molar-refractivity contribution in [3.63, 3.8) is 0 Å². The Hall–Kier alpha value is -0.900. The van der Waals surface area contributed by atoms with Crippen LogP contribution in [-0.4, -0.2) is 45.1 Å². The minimum atomic E-state index is 0.454. The normalized spacial score (nSPS) is 28.7. The molecule has 3 rings (SSSR count). The third-order valence-corrected chi connectivity index (χ3v) is 3.87. The SMILES string of the molecule is CCC[N+](CC1CO1)(CC1CO1)c1ccccc1. The zero-order valence-electron chi connectivity index (χ0n) is 11.0. The van der Waals surface area contributed by atoms with Crippen molar-refractivity contribution in [2.45, 2.75) is 25.6 Å². The molecule has 0 aromatic heterocycles. The summed E-state index contributed by atoms with van der Waals surface area (Å²) < 4.78 is 12.0. The molecule has 98 valence electrons. The van der Waals surface area contributed by atoms with Gasteiger partial charge < -0.3 is 9.47 Å². The molecule has 3 heteroatoms. The van der Waals surface area contributed by atoms with Crippen LogP contribution in [0.5, 0.6) is 0 Å². The molecule has 0 aliphatic carbocycles. The minimum absolute atomic E-state index is 0.454. The zero-order valence-corrected chi connectivity index (χ0v) is 11.0. The highest BCUT2D eigenvalue weighted by Gasteiger charge is 2.42. The van der Waals surface area contributed by atoms with Gasteiger partial charge in [-0.05, 0) is 18.6 Å². The van der Waals surface area contributed by atoms with Crippen molar-refractivity contribution in [3.05, 3.63) is 30.3 Å².